The highest BCUT2D eigenvalue weighted by molar-refractivity contribution is 8.00. The molecule has 12 heteroatoms. The summed E-state index contributed by atoms with van der Waals surface area (Å²) >= 11 is 14.9. The van der Waals surface area contributed by atoms with E-state index in [4.69, 9.17) is 32.7 Å². The average Bonchev–Trinajstić information content (AvgIpc) is 3.58. The normalized spacial score (nSPS) is 16.1. The van der Waals surface area contributed by atoms with E-state index in [2.05, 4.69) is 17.1 Å². The number of benzene rings is 3. The first kappa shape index (κ1) is 30.9. The van der Waals surface area contributed by atoms with Crippen LogP contribution >= 0.6 is 46.3 Å². The number of aliphatic hydroxyl groups is 1. The second-order valence-corrected chi connectivity index (χ2v) is 12.6. The number of carbonyl (C=O) groups is 2. The van der Waals surface area contributed by atoms with Crippen LogP contribution in [0.25, 0.3) is 5.76 Å². The SMILES string of the molecule is CCCCOc1cccc(C2/C(=C(\O)c3ccc(OC)cc3)C(=O)C(=O)N2c2nnc(SCc3ccc(Cl)cc3Cl)s2)c1. The van der Waals surface area contributed by atoms with Crippen molar-refractivity contribution in [3.8, 4) is 11.5 Å². The molecule has 1 atom stereocenters. The molecule has 1 fully saturated rings. The van der Waals surface area contributed by atoms with Gasteiger partial charge in [0.25, 0.3) is 5.78 Å². The number of rotatable bonds is 11. The minimum Gasteiger partial charge on any atom is -0.507 e. The molecule has 1 aliphatic heterocycles. The Labute approximate surface area is 267 Å². The van der Waals surface area contributed by atoms with E-state index >= 15 is 0 Å². The lowest BCUT2D eigenvalue weighted by Gasteiger charge is -2.23. The Morgan fingerprint density at radius 2 is 1.84 bits per heavy atom. The molecule has 1 aliphatic rings. The number of hydrogen-bond donors (Lipinski definition) is 1. The summed E-state index contributed by atoms with van der Waals surface area (Å²) in [5.74, 6) is -0.263. The van der Waals surface area contributed by atoms with Crippen molar-refractivity contribution in [2.45, 2.75) is 35.9 Å². The van der Waals surface area contributed by atoms with E-state index in [1.807, 2.05) is 12.1 Å². The molecule has 2 heterocycles. The van der Waals surface area contributed by atoms with Gasteiger partial charge in [0.05, 0.1) is 25.3 Å². The van der Waals surface area contributed by atoms with Gasteiger partial charge in [-0.05, 0) is 66.1 Å². The quantitative estimate of drug-likeness (QED) is 0.0434. The molecule has 5 rings (SSSR count). The summed E-state index contributed by atoms with van der Waals surface area (Å²) in [7, 11) is 1.54. The topological polar surface area (TPSA) is 102 Å². The van der Waals surface area contributed by atoms with E-state index in [-0.39, 0.29) is 16.5 Å². The van der Waals surface area contributed by atoms with E-state index in [0.29, 0.717) is 49.4 Å². The number of halogens is 2. The van der Waals surface area contributed by atoms with E-state index in [1.165, 1.54) is 35.1 Å². The zero-order chi connectivity index (χ0) is 30.5. The summed E-state index contributed by atoms with van der Waals surface area (Å²) in [5, 5.41) is 21.3. The number of Topliss-reactive ketones (excluding diaryl/α,β-unsaturated/α-hetero) is 1. The highest BCUT2D eigenvalue weighted by Crippen LogP contribution is 2.45. The number of carbonyl (C=O) groups excluding carboxylic acids is 2. The van der Waals surface area contributed by atoms with Crippen LogP contribution in [0, 0.1) is 0 Å². The van der Waals surface area contributed by atoms with Crippen molar-refractivity contribution < 1.29 is 24.2 Å². The van der Waals surface area contributed by atoms with Crippen molar-refractivity contribution in [2.24, 2.45) is 0 Å². The molecule has 0 radical (unpaired) electrons. The smallest absolute Gasteiger partial charge is 0.301 e. The fraction of sp³-hybridized carbons (Fsp3) is 0.226. The third-order valence-corrected chi connectivity index (χ3v) is 9.41. The highest BCUT2D eigenvalue weighted by Gasteiger charge is 2.48. The maximum atomic E-state index is 13.6. The number of unbranched alkanes of at least 4 members (excludes halogenated alkanes) is 1. The Morgan fingerprint density at radius 3 is 2.56 bits per heavy atom. The molecule has 1 saturated heterocycles. The minimum absolute atomic E-state index is 0.0572. The van der Waals surface area contributed by atoms with Gasteiger partial charge < -0.3 is 14.6 Å². The van der Waals surface area contributed by atoms with Gasteiger partial charge >= 0.3 is 5.91 Å². The molecule has 0 bridgehead atoms. The molecule has 1 amide bonds. The van der Waals surface area contributed by atoms with E-state index in [9.17, 15) is 14.7 Å². The van der Waals surface area contributed by atoms with Crippen molar-refractivity contribution in [3.05, 3.63) is 99.0 Å². The molecule has 8 nitrogen and oxygen atoms in total. The molecule has 1 aromatic heterocycles. The molecule has 0 aliphatic carbocycles. The van der Waals surface area contributed by atoms with Gasteiger partial charge in [-0.3, -0.25) is 14.5 Å². The van der Waals surface area contributed by atoms with Crippen LogP contribution in [-0.2, 0) is 15.3 Å². The number of hydrogen-bond acceptors (Lipinski definition) is 9. The monoisotopic (exact) mass is 655 g/mol. The zero-order valence-electron chi connectivity index (χ0n) is 23.3. The summed E-state index contributed by atoms with van der Waals surface area (Å²) in [6, 6.07) is 18.1. The van der Waals surface area contributed by atoms with Gasteiger partial charge in [0.15, 0.2) is 4.34 Å². The van der Waals surface area contributed by atoms with Crippen molar-refractivity contribution >= 4 is 68.9 Å². The molecule has 3 aromatic carbocycles. The zero-order valence-corrected chi connectivity index (χ0v) is 26.4. The van der Waals surface area contributed by atoms with Crippen LogP contribution in [0.4, 0.5) is 5.13 Å². The van der Waals surface area contributed by atoms with E-state index in [0.717, 1.165) is 18.4 Å². The van der Waals surface area contributed by atoms with Gasteiger partial charge in [0.2, 0.25) is 5.13 Å². The lowest BCUT2D eigenvalue weighted by molar-refractivity contribution is -0.132. The number of aromatic nitrogens is 2. The highest BCUT2D eigenvalue weighted by atomic mass is 35.5. The van der Waals surface area contributed by atoms with Gasteiger partial charge in [0, 0.05) is 21.4 Å². The molecule has 222 valence electrons. The van der Waals surface area contributed by atoms with Crippen LogP contribution in [-0.4, -0.2) is 40.7 Å². The number of ether oxygens (including phenoxy) is 2. The Morgan fingerprint density at radius 1 is 1.05 bits per heavy atom. The van der Waals surface area contributed by atoms with Gasteiger partial charge in [-0.15, -0.1) is 10.2 Å². The van der Waals surface area contributed by atoms with Crippen molar-refractivity contribution in [1.29, 1.82) is 0 Å². The minimum atomic E-state index is -0.965. The maximum Gasteiger partial charge on any atom is 0.301 e. The van der Waals surface area contributed by atoms with E-state index in [1.54, 1.807) is 54.6 Å². The average molecular weight is 657 g/mol. The van der Waals surface area contributed by atoms with E-state index < -0.39 is 17.7 Å². The summed E-state index contributed by atoms with van der Waals surface area (Å²) in [5.41, 5.74) is 1.76. The molecular weight excluding hydrogens is 629 g/mol. The summed E-state index contributed by atoms with van der Waals surface area (Å²) in [4.78, 5) is 28.4. The summed E-state index contributed by atoms with van der Waals surface area (Å²) < 4.78 is 11.7. The summed E-state index contributed by atoms with van der Waals surface area (Å²) in [6.45, 7) is 2.60. The van der Waals surface area contributed by atoms with Crippen molar-refractivity contribution in [3.63, 3.8) is 0 Å². The predicted molar refractivity (Wildman–Crippen MR) is 171 cm³/mol. The van der Waals surface area contributed by atoms with Gasteiger partial charge in [-0.1, -0.05) is 77.8 Å². The predicted octanol–water partition coefficient (Wildman–Crippen LogP) is 7.95. The molecule has 43 heavy (non-hydrogen) atoms. The fourth-order valence-corrected chi connectivity index (χ4v) is 6.92. The molecule has 1 unspecified atom stereocenters. The van der Waals surface area contributed by atoms with Gasteiger partial charge in [0.1, 0.15) is 17.3 Å². The Bertz CT molecular complexity index is 1680. The largest absolute Gasteiger partial charge is 0.507 e. The molecule has 0 saturated carbocycles. The standard InChI is InChI=1S/C31H27Cl2N3O5S2/c1-3-4-14-41-23-7-5-6-19(15-23)26-25(27(37)18-9-12-22(40-2)13-10-18)28(38)29(39)36(26)30-34-35-31(43-30)42-17-20-8-11-21(32)16-24(20)33/h5-13,15-16,26,37H,3-4,14,17H2,1-2H3/b27-25+. The Balaban J connectivity index is 1.53. The Hall–Kier alpha value is -3.57. The van der Waals surface area contributed by atoms with Crippen LogP contribution in [0.1, 0.15) is 42.5 Å². The fourth-order valence-electron chi connectivity index (χ4n) is 4.49. The lowest BCUT2D eigenvalue weighted by Crippen LogP contribution is -2.29. The first-order chi connectivity index (χ1) is 20.8. The van der Waals surface area contributed by atoms with Crippen LogP contribution in [0.5, 0.6) is 11.5 Å². The Kier molecular flexibility index (Phi) is 9.92. The number of amides is 1. The third-order valence-electron chi connectivity index (χ3n) is 6.72. The summed E-state index contributed by atoms with van der Waals surface area (Å²) in [6.07, 6.45) is 1.86. The van der Waals surface area contributed by atoms with Crippen LogP contribution in [0.2, 0.25) is 10.0 Å². The van der Waals surface area contributed by atoms with Crippen LogP contribution < -0.4 is 14.4 Å². The lowest BCUT2D eigenvalue weighted by atomic mass is 9.95. The van der Waals surface area contributed by atoms with Crippen LogP contribution in [0.15, 0.2) is 76.6 Å². The number of anilines is 1. The second-order valence-electron chi connectivity index (χ2n) is 9.55. The van der Waals surface area contributed by atoms with Gasteiger partial charge in [-0.2, -0.15) is 0 Å². The molecular formula is C31H27Cl2N3O5S2. The molecule has 1 N–H and O–H groups in total. The number of ketones is 1. The first-order valence-corrected chi connectivity index (χ1v) is 15.9. The third kappa shape index (κ3) is 6.83. The van der Waals surface area contributed by atoms with Crippen molar-refractivity contribution in [2.75, 3.05) is 18.6 Å². The number of thioether (sulfide) groups is 1. The van der Waals surface area contributed by atoms with Crippen molar-refractivity contribution in [1.82, 2.24) is 10.2 Å². The second kappa shape index (κ2) is 13.8. The first-order valence-electron chi connectivity index (χ1n) is 13.4. The molecule has 0 spiro atoms. The number of aliphatic hydroxyl groups excluding tert-OH is 1. The van der Waals surface area contributed by atoms with Crippen LogP contribution in [0.3, 0.4) is 0 Å². The number of nitrogens with zero attached hydrogens (tertiary/aromatic N) is 3. The number of methoxy groups -OCH3 is 1. The maximum absolute atomic E-state index is 13.6. The molecule has 4 aromatic rings. The van der Waals surface area contributed by atoms with Gasteiger partial charge in [-0.25, -0.2) is 0 Å².